The summed E-state index contributed by atoms with van der Waals surface area (Å²) in [7, 11) is 0. The van der Waals surface area contributed by atoms with Crippen molar-refractivity contribution in [3.63, 3.8) is 0 Å². The number of hydrogen-bond acceptors (Lipinski definition) is 2. The first-order valence-corrected chi connectivity index (χ1v) is 6.29. The Bertz CT molecular complexity index is 282. The molecule has 1 N–H and O–H groups in total. The first-order chi connectivity index (χ1) is 7.67. The molecule has 0 aliphatic carbocycles. The average molecular weight is 221 g/mol. The molecule has 1 aromatic rings. The number of unbranched alkanes of at least 4 members (excludes halogenated alkanes) is 4. The maximum absolute atomic E-state index is 10.3. The highest BCUT2D eigenvalue weighted by Crippen LogP contribution is 2.26. The van der Waals surface area contributed by atoms with Crippen molar-refractivity contribution < 1.29 is 5.11 Å². The number of hydrogen-bond donors (Lipinski definition) is 1. The predicted octanol–water partition coefficient (Wildman–Crippen LogP) is 3.65. The van der Waals surface area contributed by atoms with E-state index in [4.69, 9.17) is 0 Å². The number of nitrogens with zero attached hydrogens (tertiary/aromatic N) is 1. The molecular weight excluding hydrogens is 198 g/mol. The van der Waals surface area contributed by atoms with E-state index in [1.807, 2.05) is 19.1 Å². The van der Waals surface area contributed by atoms with Crippen molar-refractivity contribution in [3.8, 4) is 0 Å². The van der Waals surface area contributed by atoms with E-state index in [-0.39, 0.29) is 0 Å². The van der Waals surface area contributed by atoms with Crippen LogP contribution in [0, 0.1) is 0 Å². The molecule has 1 atom stereocenters. The maximum Gasteiger partial charge on any atom is 0.0883 e. The minimum absolute atomic E-state index is 0.722. The smallest absolute Gasteiger partial charge is 0.0883 e. The third-order valence-electron chi connectivity index (χ3n) is 3.05. The van der Waals surface area contributed by atoms with Gasteiger partial charge in [-0.1, -0.05) is 45.1 Å². The fourth-order valence-electron chi connectivity index (χ4n) is 1.90. The fraction of sp³-hybridized carbons (Fsp3) is 0.643. The van der Waals surface area contributed by atoms with Crippen LogP contribution in [0.15, 0.2) is 24.5 Å². The van der Waals surface area contributed by atoms with Gasteiger partial charge in [-0.2, -0.15) is 0 Å². The third kappa shape index (κ3) is 4.31. The molecule has 0 aliphatic heterocycles. The summed E-state index contributed by atoms with van der Waals surface area (Å²) in [5.74, 6) is 0. The molecule has 16 heavy (non-hydrogen) atoms. The number of pyridine rings is 1. The number of rotatable bonds is 7. The zero-order valence-corrected chi connectivity index (χ0v) is 10.4. The van der Waals surface area contributed by atoms with E-state index in [2.05, 4.69) is 11.9 Å². The van der Waals surface area contributed by atoms with E-state index in [1.54, 1.807) is 12.4 Å². The summed E-state index contributed by atoms with van der Waals surface area (Å²) in [5.41, 5.74) is 0.200. The van der Waals surface area contributed by atoms with Gasteiger partial charge in [0.25, 0.3) is 0 Å². The van der Waals surface area contributed by atoms with Gasteiger partial charge in [0, 0.05) is 18.0 Å². The van der Waals surface area contributed by atoms with Crippen LogP contribution in [0.2, 0.25) is 0 Å². The van der Waals surface area contributed by atoms with Crippen LogP contribution >= 0.6 is 0 Å². The van der Waals surface area contributed by atoms with Crippen molar-refractivity contribution in [2.45, 2.75) is 58.0 Å². The van der Waals surface area contributed by atoms with Crippen molar-refractivity contribution in [1.82, 2.24) is 4.98 Å². The molecule has 0 saturated carbocycles. The summed E-state index contributed by atoms with van der Waals surface area (Å²) in [5, 5.41) is 10.3. The Kier molecular flexibility index (Phi) is 5.47. The first-order valence-electron chi connectivity index (χ1n) is 6.29. The van der Waals surface area contributed by atoms with Gasteiger partial charge in [-0.25, -0.2) is 0 Å². The van der Waals surface area contributed by atoms with Crippen molar-refractivity contribution >= 4 is 0 Å². The molecule has 0 bridgehead atoms. The second kappa shape index (κ2) is 6.64. The van der Waals surface area contributed by atoms with E-state index in [1.165, 1.54) is 25.7 Å². The van der Waals surface area contributed by atoms with Crippen molar-refractivity contribution in [2.75, 3.05) is 0 Å². The lowest BCUT2D eigenvalue weighted by atomic mass is 9.91. The molecule has 0 fully saturated rings. The summed E-state index contributed by atoms with van der Waals surface area (Å²) in [6.45, 7) is 4.09. The molecule has 1 rings (SSSR count). The van der Waals surface area contributed by atoms with Gasteiger partial charge in [-0.15, -0.1) is 0 Å². The Hall–Kier alpha value is -0.890. The van der Waals surface area contributed by atoms with Crippen LogP contribution in [0.25, 0.3) is 0 Å². The largest absolute Gasteiger partial charge is 0.385 e. The summed E-state index contributed by atoms with van der Waals surface area (Å²) in [4.78, 5) is 4.05. The molecule has 0 radical (unpaired) electrons. The van der Waals surface area contributed by atoms with Crippen LogP contribution in [-0.4, -0.2) is 10.1 Å². The van der Waals surface area contributed by atoms with Gasteiger partial charge in [-0.3, -0.25) is 4.98 Å². The van der Waals surface area contributed by atoms with Crippen molar-refractivity contribution in [2.24, 2.45) is 0 Å². The lowest BCUT2D eigenvalue weighted by molar-refractivity contribution is 0.0445. The van der Waals surface area contributed by atoms with Gasteiger partial charge in [-0.05, 0) is 19.4 Å². The van der Waals surface area contributed by atoms with Gasteiger partial charge in [0.2, 0.25) is 0 Å². The van der Waals surface area contributed by atoms with E-state index in [0.717, 1.165) is 18.4 Å². The summed E-state index contributed by atoms with van der Waals surface area (Å²) in [6.07, 6.45) is 10.5. The lowest BCUT2D eigenvalue weighted by Gasteiger charge is -2.23. The van der Waals surface area contributed by atoms with Crippen LogP contribution < -0.4 is 0 Å². The topological polar surface area (TPSA) is 33.1 Å². The van der Waals surface area contributed by atoms with Gasteiger partial charge in [0.15, 0.2) is 0 Å². The number of aromatic nitrogens is 1. The van der Waals surface area contributed by atoms with Crippen molar-refractivity contribution in [3.05, 3.63) is 30.1 Å². The van der Waals surface area contributed by atoms with Crippen LogP contribution in [0.4, 0.5) is 0 Å². The van der Waals surface area contributed by atoms with E-state index < -0.39 is 5.60 Å². The fourth-order valence-corrected chi connectivity index (χ4v) is 1.90. The lowest BCUT2D eigenvalue weighted by Crippen LogP contribution is -2.21. The average Bonchev–Trinajstić information content (AvgIpc) is 2.30. The molecule has 0 aromatic carbocycles. The van der Waals surface area contributed by atoms with Crippen LogP contribution in [0.5, 0.6) is 0 Å². The van der Waals surface area contributed by atoms with Crippen LogP contribution in [0.3, 0.4) is 0 Å². The molecule has 90 valence electrons. The van der Waals surface area contributed by atoms with Crippen molar-refractivity contribution in [1.29, 1.82) is 0 Å². The zero-order chi connectivity index (χ0) is 11.9. The molecule has 1 heterocycles. The third-order valence-corrected chi connectivity index (χ3v) is 3.05. The Labute approximate surface area is 98.7 Å². The number of aliphatic hydroxyl groups is 1. The van der Waals surface area contributed by atoms with E-state index in [0.29, 0.717) is 0 Å². The molecule has 0 spiro atoms. The van der Waals surface area contributed by atoms with Gasteiger partial charge in [0.1, 0.15) is 0 Å². The normalized spacial score (nSPS) is 14.7. The quantitative estimate of drug-likeness (QED) is 0.713. The Morgan fingerprint density at radius 1 is 1.25 bits per heavy atom. The molecular formula is C14H23NO. The Balaban J connectivity index is 2.35. The minimum Gasteiger partial charge on any atom is -0.385 e. The molecule has 0 saturated heterocycles. The van der Waals surface area contributed by atoms with Crippen LogP contribution in [-0.2, 0) is 5.60 Å². The summed E-state index contributed by atoms with van der Waals surface area (Å²) >= 11 is 0. The second-order valence-corrected chi connectivity index (χ2v) is 4.68. The first kappa shape index (κ1) is 13.2. The SMILES string of the molecule is CCCCCCCC(C)(O)c1cccnc1. The molecule has 0 amide bonds. The summed E-state index contributed by atoms with van der Waals surface area (Å²) < 4.78 is 0. The van der Waals surface area contributed by atoms with E-state index >= 15 is 0 Å². The highest BCUT2D eigenvalue weighted by Gasteiger charge is 2.22. The highest BCUT2D eigenvalue weighted by molar-refractivity contribution is 5.16. The maximum atomic E-state index is 10.3. The summed E-state index contributed by atoms with van der Waals surface area (Å²) in [6, 6.07) is 3.82. The van der Waals surface area contributed by atoms with Gasteiger partial charge in [0.05, 0.1) is 5.60 Å². The Morgan fingerprint density at radius 3 is 2.62 bits per heavy atom. The highest BCUT2D eigenvalue weighted by atomic mass is 16.3. The van der Waals surface area contributed by atoms with Gasteiger partial charge < -0.3 is 5.11 Å². The zero-order valence-electron chi connectivity index (χ0n) is 10.4. The van der Waals surface area contributed by atoms with E-state index in [9.17, 15) is 5.11 Å². The van der Waals surface area contributed by atoms with Crippen LogP contribution in [0.1, 0.15) is 57.9 Å². The second-order valence-electron chi connectivity index (χ2n) is 4.68. The standard InChI is InChI=1S/C14H23NO/c1-3-4-5-6-7-10-14(2,16)13-9-8-11-15-12-13/h8-9,11-12,16H,3-7,10H2,1-2H3. The Morgan fingerprint density at radius 2 is 2.00 bits per heavy atom. The molecule has 2 nitrogen and oxygen atoms in total. The minimum atomic E-state index is -0.722. The molecule has 1 unspecified atom stereocenters. The molecule has 0 aliphatic rings. The molecule has 2 heteroatoms. The van der Waals surface area contributed by atoms with Gasteiger partial charge >= 0.3 is 0 Å². The molecule has 1 aromatic heterocycles. The predicted molar refractivity (Wildman–Crippen MR) is 67.2 cm³/mol. The monoisotopic (exact) mass is 221 g/mol.